The van der Waals surface area contributed by atoms with Gasteiger partial charge in [-0.25, -0.2) is 9.68 Å². The summed E-state index contributed by atoms with van der Waals surface area (Å²) in [6.07, 6.45) is 0. The zero-order valence-electron chi connectivity index (χ0n) is 3.58. The number of hydrogen-bond donors (Lipinski definition) is 0. The predicted molar refractivity (Wildman–Crippen MR) is 18.6 cm³/mol. The molecule has 0 aliphatic rings. The lowest BCUT2D eigenvalue weighted by molar-refractivity contribution is -0.272. The highest BCUT2D eigenvalue weighted by atomic mass is 17.3. The summed E-state index contributed by atoms with van der Waals surface area (Å²) in [5.41, 5.74) is 0. The molecule has 0 heterocycles. The molecule has 0 N–H and O–H groups in total. The standard InChI is InChI=1S/C2H3NO4/c1-2(4)6-7-3-5/h1H3. The summed E-state index contributed by atoms with van der Waals surface area (Å²) < 4.78 is 0. The van der Waals surface area contributed by atoms with E-state index >= 15 is 0 Å². The molecule has 0 saturated carbocycles. The van der Waals surface area contributed by atoms with Gasteiger partial charge in [-0.05, 0) is 0 Å². The highest BCUT2D eigenvalue weighted by molar-refractivity contribution is 5.65. The molecule has 0 aromatic heterocycles. The van der Waals surface area contributed by atoms with E-state index in [1.54, 1.807) is 5.34 Å². The Bertz CT molecular complexity index is 79.8. The minimum Gasteiger partial charge on any atom is -0.248 e. The van der Waals surface area contributed by atoms with Crippen molar-refractivity contribution in [2.24, 2.45) is 5.34 Å². The molecule has 0 spiro atoms. The van der Waals surface area contributed by atoms with Crippen LogP contribution in [0.1, 0.15) is 6.92 Å². The Labute approximate surface area is 39.1 Å². The Kier molecular flexibility index (Phi) is 2.58. The van der Waals surface area contributed by atoms with E-state index in [2.05, 4.69) is 9.88 Å². The number of nitrogens with zero attached hydrogens (tertiary/aromatic N) is 1. The summed E-state index contributed by atoms with van der Waals surface area (Å²) in [6.45, 7) is 1.09. The van der Waals surface area contributed by atoms with Gasteiger partial charge in [-0.1, -0.05) is 0 Å². The zero-order valence-corrected chi connectivity index (χ0v) is 3.58. The maximum absolute atomic E-state index is 9.66. The second-order valence-electron chi connectivity index (χ2n) is 0.724. The summed E-state index contributed by atoms with van der Waals surface area (Å²) in [6, 6.07) is 0. The normalized spacial score (nSPS) is 7.00. The highest BCUT2D eigenvalue weighted by Crippen LogP contribution is 1.76. The summed E-state index contributed by atoms with van der Waals surface area (Å²) in [5, 5.41) is 1.78. The van der Waals surface area contributed by atoms with Crippen LogP contribution in [-0.4, -0.2) is 5.97 Å². The molecule has 0 aromatic rings. The summed E-state index contributed by atoms with van der Waals surface area (Å²) in [7, 11) is 0. The van der Waals surface area contributed by atoms with E-state index in [4.69, 9.17) is 4.91 Å². The Morgan fingerprint density at radius 3 is 2.43 bits per heavy atom. The van der Waals surface area contributed by atoms with E-state index in [0.29, 0.717) is 0 Å². The first-order chi connectivity index (χ1) is 3.27. The molecule has 0 unspecified atom stereocenters. The Morgan fingerprint density at radius 2 is 2.29 bits per heavy atom. The number of hydrogen-bond acceptors (Lipinski definition) is 5. The monoisotopic (exact) mass is 105 g/mol. The van der Waals surface area contributed by atoms with Crippen molar-refractivity contribution in [3.8, 4) is 0 Å². The Hall–Kier alpha value is -1.13. The van der Waals surface area contributed by atoms with Gasteiger partial charge in [-0.3, -0.25) is 0 Å². The third-order valence-corrected chi connectivity index (χ3v) is 0.185. The van der Waals surface area contributed by atoms with Crippen LogP contribution in [0.3, 0.4) is 0 Å². The molecule has 0 atom stereocenters. The molecule has 0 radical (unpaired) electrons. The molecule has 0 aliphatic heterocycles. The lowest BCUT2D eigenvalue weighted by atomic mass is 10.9. The van der Waals surface area contributed by atoms with Gasteiger partial charge >= 0.3 is 5.97 Å². The van der Waals surface area contributed by atoms with Crippen LogP contribution in [0.2, 0.25) is 0 Å². The van der Waals surface area contributed by atoms with Gasteiger partial charge in [0.05, 0.1) is 0 Å². The SMILES string of the molecule is CC(=O)OON=O. The summed E-state index contributed by atoms with van der Waals surface area (Å²) >= 11 is 0. The lowest BCUT2D eigenvalue weighted by Crippen LogP contribution is -1.93. The van der Waals surface area contributed by atoms with Gasteiger partial charge in [-0.15, -0.1) is 9.90 Å². The van der Waals surface area contributed by atoms with Crippen LogP contribution in [0, 0.1) is 4.91 Å². The van der Waals surface area contributed by atoms with Crippen molar-refractivity contribution in [1.29, 1.82) is 0 Å². The molecule has 5 heteroatoms. The first-order valence-corrected chi connectivity index (χ1v) is 1.44. The van der Waals surface area contributed by atoms with E-state index in [1.165, 1.54) is 0 Å². The molecule has 5 nitrogen and oxygen atoms in total. The van der Waals surface area contributed by atoms with Crippen molar-refractivity contribution in [1.82, 2.24) is 0 Å². The van der Waals surface area contributed by atoms with Crippen molar-refractivity contribution in [3.63, 3.8) is 0 Å². The molecule has 0 aromatic carbocycles. The van der Waals surface area contributed by atoms with Crippen LogP contribution in [0.4, 0.5) is 0 Å². The quantitative estimate of drug-likeness (QED) is 0.285. The molecule has 0 amide bonds. The van der Waals surface area contributed by atoms with Crippen LogP contribution in [-0.2, 0) is 14.7 Å². The third-order valence-electron chi connectivity index (χ3n) is 0.185. The van der Waals surface area contributed by atoms with Gasteiger partial charge in [0, 0.05) is 6.92 Å². The van der Waals surface area contributed by atoms with E-state index in [1.807, 2.05) is 0 Å². The van der Waals surface area contributed by atoms with Gasteiger partial charge in [-0.2, -0.15) is 0 Å². The lowest BCUT2D eigenvalue weighted by Gasteiger charge is -1.84. The molecule has 0 rings (SSSR count). The minimum atomic E-state index is -0.709. The topological polar surface area (TPSA) is 65.0 Å². The molecule has 0 aliphatic carbocycles. The minimum absolute atomic E-state index is 0.709. The fourth-order valence-corrected chi connectivity index (χ4v) is 0.0677. The van der Waals surface area contributed by atoms with Crippen molar-refractivity contribution < 1.29 is 14.7 Å². The smallest absolute Gasteiger partial charge is 0.248 e. The van der Waals surface area contributed by atoms with E-state index < -0.39 is 5.97 Å². The Balaban J connectivity index is 2.97. The van der Waals surface area contributed by atoms with Crippen LogP contribution in [0.25, 0.3) is 0 Å². The number of carbonyl (C=O) groups is 1. The molecule has 0 bridgehead atoms. The number of carbonyl (C=O) groups excluding carboxylic acids is 1. The second-order valence-corrected chi connectivity index (χ2v) is 0.724. The van der Waals surface area contributed by atoms with Gasteiger partial charge in [0.1, 0.15) is 0 Å². The second kappa shape index (κ2) is 3.08. The van der Waals surface area contributed by atoms with E-state index in [9.17, 15) is 4.79 Å². The zero-order chi connectivity index (χ0) is 5.70. The van der Waals surface area contributed by atoms with Crippen molar-refractivity contribution in [2.45, 2.75) is 6.92 Å². The average Bonchev–Trinajstić information content (AvgIpc) is 1.61. The fourth-order valence-electron chi connectivity index (χ4n) is 0.0677. The molecule has 40 valence electrons. The molecule has 0 fully saturated rings. The van der Waals surface area contributed by atoms with E-state index in [-0.39, 0.29) is 0 Å². The largest absolute Gasteiger partial charge is 0.355 e. The molecular weight excluding hydrogens is 102 g/mol. The maximum atomic E-state index is 9.66. The van der Waals surface area contributed by atoms with Gasteiger partial charge in [0.2, 0.25) is 5.34 Å². The maximum Gasteiger partial charge on any atom is 0.355 e. The summed E-state index contributed by atoms with van der Waals surface area (Å²) in [4.78, 5) is 25.5. The first kappa shape index (κ1) is 5.87. The molecular formula is C2H3NO4. The van der Waals surface area contributed by atoms with Crippen LogP contribution in [0.15, 0.2) is 5.34 Å². The first-order valence-electron chi connectivity index (χ1n) is 1.44. The summed E-state index contributed by atoms with van der Waals surface area (Å²) in [5.74, 6) is -0.709. The van der Waals surface area contributed by atoms with Crippen LogP contribution < -0.4 is 0 Å². The number of rotatable bonds is 2. The van der Waals surface area contributed by atoms with E-state index in [0.717, 1.165) is 6.92 Å². The van der Waals surface area contributed by atoms with Crippen molar-refractivity contribution in [2.75, 3.05) is 0 Å². The predicted octanol–water partition coefficient (Wildman–Crippen LogP) is 0.162. The van der Waals surface area contributed by atoms with Gasteiger partial charge < -0.3 is 0 Å². The average molecular weight is 105 g/mol. The van der Waals surface area contributed by atoms with Crippen LogP contribution >= 0.6 is 0 Å². The highest BCUT2D eigenvalue weighted by Gasteiger charge is 1.88. The fraction of sp³-hybridized carbons (Fsp3) is 0.500. The van der Waals surface area contributed by atoms with Crippen LogP contribution in [0.5, 0.6) is 0 Å². The van der Waals surface area contributed by atoms with Crippen molar-refractivity contribution in [3.05, 3.63) is 4.91 Å². The molecule has 0 saturated heterocycles. The Morgan fingerprint density at radius 1 is 1.71 bits per heavy atom. The van der Waals surface area contributed by atoms with Gasteiger partial charge in [0.15, 0.2) is 0 Å². The van der Waals surface area contributed by atoms with Gasteiger partial charge in [0.25, 0.3) is 0 Å². The third kappa shape index (κ3) is 4.87. The van der Waals surface area contributed by atoms with Crippen molar-refractivity contribution >= 4 is 5.97 Å². The molecule has 7 heavy (non-hydrogen) atoms.